The minimum atomic E-state index is -0.0186. The molecule has 96 valence electrons. The third-order valence-electron chi connectivity index (χ3n) is 3.09. The van der Waals surface area contributed by atoms with Crippen LogP contribution < -0.4 is 0 Å². The minimum Gasteiger partial charge on any atom is -0.289 e. The summed E-state index contributed by atoms with van der Waals surface area (Å²) < 4.78 is 0. The van der Waals surface area contributed by atoms with Crippen molar-refractivity contribution in [2.45, 2.75) is 13.8 Å². The zero-order valence-electron chi connectivity index (χ0n) is 11.0. The molecule has 0 aliphatic carbocycles. The van der Waals surface area contributed by atoms with Crippen LogP contribution in [0.3, 0.4) is 0 Å². The number of ketones is 1. The van der Waals surface area contributed by atoms with Crippen molar-refractivity contribution in [3.63, 3.8) is 0 Å². The van der Waals surface area contributed by atoms with Crippen LogP contribution in [0.1, 0.15) is 27.0 Å². The summed E-state index contributed by atoms with van der Waals surface area (Å²) in [6.45, 7) is 4.13. The molecule has 0 saturated heterocycles. The molecule has 0 saturated carbocycles. The quantitative estimate of drug-likeness (QED) is 0.575. The van der Waals surface area contributed by atoms with Crippen molar-refractivity contribution in [2.24, 2.45) is 0 Å². The minimum absolute atomic E-state index is 0.0186. The number of benzene rings is 2. The second-order valence-electron chi connectivity index (χ2n) is 4.55. The Morgan fingerprint density at radius 1 is 1.00 bits per heavy atom. The van der Waals surface area contributed by atoms with E-state index in [9.17, 15) is 4.79 Å². The lowest BCUT2D eigenvalue weighted by atomic mass is 10.0. The first-order chi connectivity index (χ1) is 9.06. The van der Waals surface area contributed by atoms with Crippen molar-refractivity contribution in [3.8, 4) is 0 Å². The molecule has 2 aromatic rings. The maximum Gasteiger partial charge on any atom is 0.185 e. The summed E-state index contributed by atoms with van der Waals surface area (Å²) >= 11 is 5.79. The molecule has 0 aliphatic heterocycles. The number of carbonyl (C=O) groups is 1. The second kappa shape index (κ2) is 5.85. The lowest BCUT2D eigenvalue weighted by Gasteiger charge is -2.01. The van der Waals surface area contributed by atoms with E-state index in [-0.39, 0.29) is 5.78 Å². The van der Waals surface area contributed by atoms with E-state index < -0.39 is 0 Å². The summed E-state index contributed by atoms with van der Waals surface area (Å²) in [6.07, 6.45) is 3.43. The van der Waals surface area contributed by atoms with Gasteiger partial charge in [-0.1, -0.05) is 35.9 Å². The highest BCUT2D eigenvalue weighted by atomic mass is 35.5. The third-order valence-corrected chi connectivity index (χ3v) is 3.34. The average Bonchev–Trinajstić information content (AvgIpc) is 2.40. The van der Waals surface area contributed by atoms with Crippen LogP contribution in [0.15, 0.2) is 48.5 Å². The molecule has 2 heteroatoms. The second-order valence-corrected chi connectivity index (χ2v) is 4.98. The third kappa shape index (κ3) is 3.55. The van der Waals surface area contributed by atoms with Gasteiger partial charge in [-0.25, -0.2) is 0 Å². The molecule has 0 N–H and O–H groups in total. The topological polar surface area (TPSA) is 17.1 Å². The van der Waals surface area contributed by atoms with E-state index in [2.05, 4.69) is 26.0 Å². The molecule has 0 spiro atoms. The first kappa shape index (κ1) is 13.6. The van der Waals surface area contributed by atoms with Gasteiger partial charge in [-0.05, 0) is 60.9 Å². The van der Waals surface area contributed by atoms with Crippen LogP contribution in [-0.2, 0) is 0 Å². The van der Waals surface area contributed by atoms with E-state index in [1.54, 1.807) is 30.3 Å². The largest absolute Gasteiger partial charge is 0.289 e. The molecule has 0 bridgehead atoms. The SMILES string of the molecule is Cc1ccc(C=CC(=O)c2ccc(Cl)cc2)cc1C. The number of aryl methyl sites for hydroxylation is 2. The first-order valence-electron chi connectivity index (χ1n) is 6.11. The first-order valence-corrected chi connectivity index (χ1v) is 6.49. The molecular formula is C17H15ClO. The predicted octanol–water partition coefficient (Wildman–Crippen LogP) is 4.85. The number of hydrogen-bond acceptors (Lipinski definition) is 1. The van der Waals surface area contributed by atoms with Crippen molar-refractivity contribution in [1.29, 1.82) is 0 Å². The maximum absolute atomic E-state index is 12.0. The van der Waals surface area contributed by atoms with Crippen LogP contribution in [0.5, 0.6) is 0 Å². The Morgan fingerprint density at radius 3 is 2.32 bits per heavy atom. The Labute approximate surface area is 118 Å². The zero-order chi connectivity index (χ0) is 13.8. The van der Waals surface area contributed by atoms with Gasteiger partial charge in [0.2, 0.25) is 0 Å². The van der Waals surface area contributed by atoms with Gasteiger partial charge >= 0.3 is 0 Å². The van der Waals surface area contributed by atoms with Crippen molar-refractivity contribution in [2.75, 3.05) is 0 Å². The Kier molecular flexibility index (Phi) is 4.18. The van der Waals surface area contributed by atoms with Gasteiger partial charge in [0.25, 0.3) is 0 Å². The van der Waals surface area contributed by atoms with Crippen LogP contribution in [0.4, 0.5) is 0 Å². The molecule has 19 heavy (non-hydrogen) atoms. The molecule has 0 atom stereocenters. The molecule has 0 aliphatic rings. The Balaban J connectivity index is 2.15. The van der Waals surface area contributed by atoms with E-state index in [1.165, 1.54) is 11.1 Å². The zero-order valence-corrected chi connectivity index (χ0v) is 11.7. The smallest absolute Gasteiger partial charge is 0.185 e. The van der Waals surface area contributed by atoms with Gasteiger partial charge in [0.05, 0.1) is 0 Å². The van der Waals surface area contributed by atoms with E-state index >= 15 is 0 Å². The number of carbonyl (C=O) groups excluding carboxylic acids is 1. The summed E-state index contributed by atoms with van der Waals surface area (Å²) in [7, 11) is 0. The number of allylic oxidation sites excluding steroid dienone is 1. The van der Waals surface area contributed by atoms with E-state index in [1.807, 2.05) is 12.1 Å². The van der Waals surface area contributed by atoms with Gasteiger partial charge in [0, 0.05) is 10.6 Å². The van der Waals surface area contributed by atoms with Crippen LogP contribution in [0.2, 0.25) is 5.02 Å². The lowest BCUT2D eigenvalue weighted by Crippen LogP contribution is -1.93. The normalized spacial score (nSPS) is 10.9. The fraction of sp³-hybridized carbons (Fsp3) is 0.118. The number of halogens is 1. The van der Waals surface area contributed by atoms with Crippen molar-refractivity contribution in [3.05, 3.63) is 75.8 Å². The molecule has 1 nitrogen and oxygen atoms in total. The van der Waals surface area contributed by atoms with Crippen molar-refractivity contribution in [1.82, 2.24) is 0 Å². The van der Waals surface area contributed by atoms with Crippen LogP contribution in [0.25, 0.3) is 6.08 Å². The summed E-state index contributed by atoms with van der Waals surface area (Å²) in [4.78, 5) is 12.0. The molecule has 0 aromatic heterocycles. The number of rotatable bonds is 3. The lowest BCUT2D eigenvalue weighted by molar-refractivity contribution is 0.104. The fourth-order valence-electron chi connectivity index (χ4n) is 1.75. The average molecular weight is 271 g/mol. The predicted molar refractivity (Wildman–Crippen MR) is 80.7 cm³/mol. The van der Waals surface area contributed by atoms with Gasteiger partial charge in [-0.3, -0.25) is 4.79 Å². The molecule has 2 aromatic carbocycles. The fourth-order valence-corrected chi connectivity index (χ4v) is 1.88. The highest BCUT2D eigenvalue weighted by molar-refractivity contribution is 6.30. The molecule has 2 rings (SSSR count). The molecule has 0 unspecified atom stereocenters. The van der Waals surface area contributed by atoms with Crippen LogP contribution in [-0.4, -0.2) is 5.78 Å². The van der Waals surface area contributed by atoms with E-state index in [4.69, 9.17) is 11.6 Å². The van der Waals surface area contributed by atoms with Crippen LogP contribution >= 0.6 is 11.6 Å². The van der Waals surface area contributed by atoms with Crippen molar-refractivity contribution >= 4 is 23.5 Å². The summed E-state index contributed by atoms with van der Waals surface area (Å²) in [5.74, 6) is -0.0186. The van der Waals surface area contributed by atoms with Gasteiger partial charge in [0.1, 0.15) is 0 Å². The van der Waals surface area contributed by atoms with Gasteiger partial charge in [0.15, 0.2) is 5.78 Å². The van der Waals surface area contributed by atoms with Gasteiger partial charge in [-0.2, -0.15) is 0 Å². The maximum atomic E-state index is 12.0. The van der Waals surface area contributed by atoms with E-state index in [0.717, 1.165) is 5.56 Å². The summed E-state index contributed by atoms with van der Waals surface area (Å²) in [6, 6.07) is 13.0. The summed E-state index contributed by atoms with van der Waals surface area (Å²) in [5.41, 5.74) is 4.15. The standard InChI is InChI=1S/C17H15ClO/c1-12-3-4-14(11-13(12)2)5-10-17(19)15-6-8-16(18)9-7-15/h3-11H,1-2H3. The highest BCUT2D eigenvalue weighted by Gasteiger charge is 2.01. The Hall–Kier alpha value is -1.86. The summed E-state index contributed by atoms with van der Waals surface area (Å²) in [5, 5.41) is 0.634. The Bertz CT molecular complexity index is 624. The molecular weight excluding hydrogens is 256 g/mol. The monoisotopic (exact) mass is 270 g/mol. The Morgan fingerprint density at radius 2 is 1.68 bits per heavy atom. The van der Waals surface area contributed by atoms with Crippen molar-refractivity contribution < 1.29 is 4.79 Å². The molecule has 0 fully saturated rings. The van der Waals surface area contributed by atoms with E-state index in [0.29, 0.717) is 10.6 Å². The molecule has 0 heterocycles. The van der Waals surface area contributed by atoms with Gasteiger partial charge in [-0.15, -0.1) is 0 Å². The highest BCUT2D eigenvalue weighted by Crippen LogP contribution is 2.13. The van der Waals surface area contributed by atoms with Gasteiger partial charge < -0.3 is 0 Å². The number of hydrogen-bond donors (Lipinski definition) is 0. The van der Waals surface area contributed by atoms with Crippen LogP contribution in [0, 0.1) is 13.8 Å². The molecule has 0 amide bonds. The molecule has 0 radical (unpaired) electrons.